The summed E-state index contributed by atoms with van der Waals surface area (Å²) in [6.45, 7) is 0. The van der Waals surface area contributed by atoms with E-state index < -0.39 is 57.5 Å². The zero-order valence-electron chi connectivity index (χ0n) is 11.5. The number of rotatable bonds is 8. The van der Waals surface area contributed by atoms with Gasteiger partial charge in [0.2, 0.25) is 0 Å². The van der Waals surface area contributed by atoms with Crippen LogP contribution in [0.5, 0.6) is 0 Å². The molecular weight excluding hydrogens is 216 g/mol. The monoisotopic (exact) mass is 220 g/mol. The Morgan fingerprint density at radius 1 is 0.300 bits per heavy atom. The number of hydrogen-bond acceptors (Lipinski definition) is 0. The summed E-state index contributed by atoms with van der Waals surface area (Å²) < 4.78 is 0. The largest absolute Gasteiger partial charge is 0 e. The predicted molar refractivity (Wildman–Crippen MR) is 115 cm³/mol. The van der Waals surface area contributed by atoms with Gasteiger partial charge in [-0.25, -0.2) is 0 Å². The van der Waals surface area contributed by atoms with Crippen molar-refractivity contribution < 1.29 is 0 Å². The van der Waals surface area contributed by atoms with Crippen LogP contribution in [0.1, 0.15) is 0 Å². The van der Waals surface area contributed by atoms with E-state index in [0.29, 0.717) is 0 Å². The zero-order chi connectivity index (χ0) is 16.2. The van der Waals surface area contributed by atoms with Crippen LogP contribution in [0.25, 0.3) is 0 Å². The highest BCUT2D eigenvalue weighted by Crippen LogP contribution is 2.05. The van der Waals surface area contributed by atoms with Gasteiger partial charge in [0.15, 0.2) is 0 Å². The molecule has 0 saturated carbocycles. The molecule has 20 heteroatoms. The van der Waals surface area contributed by atoms with E-state index in [1.165, 1.54) is 0 Å². The van der Waals surface area contributed by atoms with Crippen LogP contribution in [0.15, 0.2) is 0 Å². The summed E-state index contributed by atoms with van der Waals surface area (Å²) in [5.41, 5.74) is 0. The van der Waals surface area contributed by atoms with Crippen molar-refractivity contribution in [3.63, 3.8) is 0 Å². The zero-order valence-corrected chi connectivity index (χ0v) is 11.5. The van der Waals surface area contributed by atoms with Crippen molar-refractivity contribution in [1.82, 2.24) is 0 Å². The van der Waals surface area contributed by atoms with Crippen molar-refractivity contribution >= 4 is 143 Å². The number of hydrogen-bond donors (Lipinski definition) is 0. The lowest BCUT2D eigenvalue weighted by Crippen LogP contribution is -2.80. The molecule has 0 rings (SSSR count). The van der Waals surface area contributed by atoms with Crippen LogP contribution >= 0.6 is 0 Å². The van der Waals surface area contributed by atoms with Crippen molar-refractivity contribution in [3.05, 3.63) is 0 Å². The van der Waals surface area contributed by atoms with E-state index in [1.54, 1.807) is 0 Å². The van der Waals surface area contributed by atoms with Crippen LogP contribution in [-0.4, -0.2) is 143 Å². The summed E-state index contributed by atoms with van der Waals surface area (Å²) in [6.07, 6.45) is -7.15. The summed E-state index contributed by atoms with van der Waals surface area (Å²) in [5, 5.41) is 0. The highest BCUT2D eigenvalue weighted by atomic mass is 13.2. The standard InChI is InChI=1S/B20/c1-12(2)17(11)20(18(13(3)4)14(5)6)19(15(7)8)16(9)10. The minimum Gasteiger partial charge on any atom is 0 e. The Bertz CT molecular complexity index is 211. The molecule has 0 N–H and O–H groups in total. The van der Waals surface area contributed by atoms with Crippen molar-refractivity contribution in [2.24, 2.45) is 0 Å². The fourth-order valence-electron chi connectivity index (χ4n) is 2.57. The highest BCUT2D eigenvalue weighted by molar-refractivity contribution is 8.19. The second kappa shape index (κ2) is 9.44. The molecular formula is B20. The van der Waals surface area contributed by atoms with Crippen LogP contribution < -0.4 is 0 Å². The van der Waals surface area contributed by atoms with E-state index in [4.69, 9.17) is 85.1 Å². The predicted octanol–water partition coefficient (Wildman–Crippen LogP) is -7.62. The van der Waals surface area contributed by atoms with Crippen LogP contribution in [0.3, 0.4) is 0 Å². The van der Waals surface area contributed by atoms with Gasteiger partial charge >= 0.3 is 0 Å². The fraction of sp³-hybridized carbons (Fsp3) is 0. The highest BCUT2D eigenvalue weighted by Gasteiger charge is 2.44. The Morgan fingerprint density at radius 3 is 0.700 bits per heavy atom. The van der Waals surface area contributed by atoms with Gasteiger partial charge in [0.1, 0.15) is 0 Å². The summed E-state index contributed by atoms with van der Waals surface area (Å²) in [4.78, 5) is 0. The Balaban J connectivity index is 5.66. The Hall–Kier alpha value is 1.30. The Morgan fingerprint density at radius 2 is 0.550 bits per heavy atom. The van der Waals surface area contributed by atoms with Crippen LogP contribution in [0.4, 0.5) is 0 Å². The van der Waals surface area contributed by atoms with E-state index in [0.717, 1.165) is 0 Å². The van der Waals surface area contributed by atoms with Crippen molar-refractivity contribution in [3.8, 4) is 0 Å². The van der Waals surface area contributed by atoms with Gasteiger partial charge in [0.05, 0.1) is 0 Å². The summed E-state index contributed by atoms with van der Waals surface area (Å²) in [7, 11) is 63.2. The normalized spacial score (nSPS) is 9.20. The Kier molecular flexibility index (Phi) is 10.1. The molecule has 20 heavy (non-hydrogen) atoms. The average molecular weight is 216 g/mol. The minimum absolute atomic E-state index is 0.630. The van der Waals surface area contributed by atoms with Crippen molar-refractivity contribution in [2.75, 3.05) is 0 Å². The maximum absolute atomic E-state index is 6.02. The molecule has 0 fully saturated rings. The molecule has 0 aromatic carbocycles. The molecule has 0 saturated heterocycles. The van der Waals surface area contributed by atoms with Gasteiger partial charge in [-0.2, -0.15) is 0 Å². The van der Waals surface area contributed by atoms with Gasteiger partial charge in [-0.05, 0) is 0 Å². The molecule has 0 heterocycles. The van der Waals surface area contributed by atoms with Crippen molar-refractivity contribution in [1.29, 1.82) is 0 Å². The molecule has 0 atom stereocenters. The molecule has 0 bridgehead atoms. The molecule has 0 aromatic heterocycles. The molecule has 0 aliphatic rings. The fourth-order valence-corrected chi connectivity index (χ4v) is 2.57. The van der Waals surface area contributed by atoms with Crippen molar-refractivity contribution in [2.45, 2.75) is 0 Å². The molecule has 0 amide bonds. The molecule has 22 radical (unpaired) electrons. The minimum atomic E-state index is -0.889. The first-order chi connectivity index (χ1) is 9.02. The lowest BCUT2D eigenvalue weighted by Gasteiger charge is -2.42. The third-order valence-electron chi connectivity index (χ3n) is 3.56. The quantitative estimate of drug-likeness (QED) is 0.354. The third-order valence-corrected chi connectivity index (χ3v) is 3.56. The Labute approximate surface area is 142 Å². The summed E-state index contributed by atoms with van der Waals surface area (Å²) >= 11 is 0. The van der Waals surface area contributed by atoms with E-state index in [1.807, 2.05) is 0 Å². The van der Waals surface area contributed by atoms with Gasteiger partial charge < -0.3 is 0 Å². The van der Waals surface area contributed by atoms with Gasteiger partial charge in [-0.3, -0.25) is 0 Å². The lowest BCUT2D eigenvalue weighted by atomic mass is 8.39. The van der Waals surface area contributed by atoms with Gasteiger partial charge in [0, 0.05) is 143 Å². The van der Waals surface area contributed by atoms with E-state index in [2.05, 4.69) is 0 Å². The van der Waals surface area contributed by atoms with Crippen LogP contribution in [-0.2, 0) is 0 Å². The first kappa shape index (κ1) is 21.3. The molecule has 0 unspecified atom stereocenters. The molecule has 0 aliphatic heterocycles. The smallest absolute Gasteiger partial charge is 0 e. The summed E-state index contributed by atoms with van der Waals surface area (Å²) in [5.74, 6) is 0. The van der Waals surface area contributed by atoms with Crippen LogP contribution in [0, 0.1) is 0 Å². The average Bonchev–Trinajstić information content (AvgIpc) is 2.24. The molecule has 0 nitrogen and oxygen atoms in total. The molecule has 0 spiro atoms. The second-order valence-corrected chi connectivity index (χ2v) is 5.20. The van der Waals surface area contributed by atoms with E-state index in [-0.39, 0.29) is 0 Å². The maximum atomic E-state index is 6.02. The SMILES string of the molecule is [B]B([B])B([B])B(B(B([B])[B])B([B])[B])B(B([B])[B])B([B])[B]. The third kappa shape index (κ3) is 5.83. The first-order valence-corrected chi connectivity index (χ1v) is 6.33. The molecule has 0 aromatic rings. The van der Waals surface area contributed by atoms with E-state index >= 15 is 0 Å². The van der Waals surface area contributed by atoms with Gasteiger partial charge in [-0.15, -0.1) is 0 Å². The molecule has 0 aliphatic carbocycles. The maximum Gasteiger partial charge on any atom is 0 e. The first-order valence-electron chi connectivity index (χ1n) is 6.33. The van der Waals surface area contributed by atoms with Gasteiger partial charge in [0.25, 0.3) is 0 Å². The lowest BCUT2D eigenvalue weighted by molar-refractivity contribution is 3.33. The molecule has 60 valence electrons. The topological polar surface area (TPSA) is 0 Å². The second-order valence-electron chi connectivity index (χ2n) is 5.20. The van der Waals surface area contributed by atoms with E-state index in [9.17, 15) is 0 Å². The summed E-state index contributed by atoms with van der Waals surface area (Å²) in [6, 6.07) is 0. The van der Waals surface area contributed by atoms with Gasteiger partial charge in [-0.1, -0.05) is 0 Å². The van der Waals surface area contributed by atoms with Crippen LogP contribution in [0.2, 0.25) is 0 Å².